The number of amides is 1. The highest BCUT2D eigenvalue weighted by Gasteiger charge is 2.30. The van der Waals surface area contributed by atoms with Gasteiger partial charge in [-0.05, 0) is 62.1 Å². The van der Waals surface area contributed by atoms with E-state index in [9.17, 15) is 4.79 Å². The number of methoxy groups -OCH3 is 1. The Hall–Kier alpha value is -2.80. The summed E-state index contributed by atoms with van der Waals surface area (Å²) in [6, 6.07) is 13.7. The van der Waals surface area contributed by atoms with Crippen LogP contribution in [0.4, 0.5) is 0 Å². The lowest BCUT2D eigenvalue weighted by molar-refractivity contribution is -0.118. The SMILES string of the molecule is COc1cc(/C=N/N=C2\NC(=O)C(Cc3ccccc3C)S2)ccc1OC(C)C. The second kappa shape index (κ2) is 9.60. The molecule has 1 unspecified atom stereocenters. The van der Waals surface area contributed by atoms with E-state index >= 15 is 0 Å². The molecule has 0 saturated carbocycles. The van der Waals surface area contributed by atoms with Crippen molar-refractivity contribution < 1.29 is 14.3 Å². The number of nitrogens with zero attached hydrogens (tertiary/aromatic N) is 2. The van der Waals surface area contributed by atoms with Gasteiger partial charge in [0.2, 0.25) is 5.91 Å². The molecule has 1 N–H and O–H groups in total. The average Bonchev–Trinajstić information content (AvgIpc) is 3.03. The first kappa shape index (κ1) is 20.9. The van der Waals surface area contributed by atoms with Gasteiger partial charge in [-0.1, -0.05) is 36.0 Å². The number of benzene rings is 2. The lowest BCUT2D eigenvalue weighted by Crippen LogP contribution is -2.26. The van der Waals surface area contributed by atoms with Crippen LogP contribution in [0, 0.1) is 6.92 Å². The summed E-state index contributed by atoms with van der Waals surface area (Å²) in [6.07, 6.45) is 2.35. The molecule has 0 spiro atoms. The van der Waals surface area contributed by atoms with Gasteiger partial charge < -0.3 is 14.8 Å². The van der Waals surface area contributed by atoms with Crippen molar-refractivity contribution in [1.82, 2.24) is 5.32 Å². The number of hydrogen-bond donors (Lipinski definition) is 1. The van der Waals surface area contributed by atoms with Crippen LogP contribution in [0.5, 0.6) is 11.5 Å². The van der Waals surface area contributed by atoms with Gasteiger partial charge in [-0.25, -0.2) is 0 Å². The third kappa shape index (κ3) is 5.60. The third-order valence-electron chi connectivity index (χ3n) is 4.35. The van der Waals surface area contributed by atoms with E-state index in [1.165, 1.54) is 22.9 Å². The molecule has 0 aromatic heterocycles. The van der Waals surface area contributed by atoms with Gasteiger partial charge in [-0.2, -0.15) is 5.10 Å². The second-order valence-corrected chi connectivity index (χ2v) is 8.14. The second-order valence-electron chi connectivity index (χ2n) is 6.95. The van der Waals surface area contributed by atoms with Crippen LogP contribution in [-0.2, 0) is 11.2 Å². The third-order valence-corrected chi connectivity index (χ3v) is 5.42. The minimum absolute atomic E-state index is 0.0379. The van der Waals surface area contributed by atoms with Gasteiger partial charge in [0.05, 0.1) is 24.7 Å². The number of rotatable bonds is 7. The van der Waals surface area contributed by atoms with Crippen molar-refractivity contribution in [1.29, 1.82) is 0 Å². The van der Waals surface area contributed by atoms with Crippen LogP contribution in [0.15, 0.2) is 52.7 Å². The molecular formula is C22H25N3O3S. The molecule has 0 aliphatic carbocycles. The molecule has 1 aliphatic rings. The van der Waals surface area contributed by atoms with Gasteiger partial charge in [0, 0.05) is 0 Å². The quantitative estimate of drug-likeness (QED) is 0.553. The number of thioether (sulfide) groups is 1. The topological polar surface area (TPSA) is 72.3 Å². The standard InChI is InChI=1S/C22H25N3O3S/c1-14(2)28-18-10-9-16(11-19(18)27-4)13-23-25-22-24-21(26)20(29-22)12-17-8-6-5-7-15(17)3/h5-11,13-14,20H,12H2,1-4H3,(H,24,25,26)/b23-13+. The number of hydrogen-bond acceptors (Lipinski definition) is 6. The normalized spacial score (nSPS) is 17.9. The molecule has 7 heteroatoms. The number of ether oxygens (including phenoxy) is 2. The molecule has 2 aromatic carbocycles. The predicted octanol–water partition coefficient (Wildman–Crippen LogP) is 3.96. The fourth-order valence-corrected chi connectivity index (χ4v) is 3.84. The van der Waals surface area contributed by atoms with E-state index < -0.39 is 0 Å². The zero-order valence-corrected chi connectivity index (χ0v) is 17.8. The van der Waals surface area contributed by atoms with Crippen LogP contribution >= 0.6 is 11.8 Å². The van der Waals surface area contributed by atoms with Crippen molar-refractivity contribution in [3.8, 4) is 11.5 Å². The van der Waals surface area contributed by atoms with Gasteiger partial charge in [-0.15, -0.1) is 5.10 Å². The van der Waals surface area contributed by atoms with Crippen LogP contribution in [0.3, 0.4) is 0 Å². The zero-order chi connectivity index (χ0) is 20.8. The van der Waals surface area contributed by atoms with Gasteiger partial charge in [0.25, 0.3) is 0 Å². The molecule has 1 amide bonds. The van der Waals surface area contributed by atoms with Crippen molar-refractivity contribution in [2.45, 2.75) is 38.5 Å². The summed E-state index contributed by atoms with van der Waals surface area (Å²) >= 11 is 1.41. The van der Waals surface area contributed by atoms with Gasteiger partial charge in [-0.3, -0.25) is 4.79 Å². The minimum atomic E-state index is -0.197. The van der Waals surface area contributed by atoms with Crippen LogP contribution in [-0.4, -0.2) is 35.8 Å². The molecule has 3 rings (SSSR count). The van der Waals surface area contributed by atoms with E-state index in [4.69, 9.17) is 9.47 Å². The van der Waals surface area contributed by atoms with Crippen molar-refractivity contribution in [2.75, 3.05) is 7.11 Å². The Kier molecular flexibility index (Phi) is 6.93. The highest BCUT2D eigenvalue weighted by atomic mass is 32.2. The fourth-order valence-electron chi connectivity index (χ4n) is 2.89. The molecule has 152 valence electrons. The first-order valence-electron chi connectivity index (χ1n) is 9.44. The first-order valence-corrected chi connectivity index (χ1v) is 10.3. The summed E-state index contributed by atoms with van der Waals surface area (Å²) in [6.45, 7) is 5.98. The van der Waals surface area contributed by atoms with Gasteiger partial charge >= 0.3 is 0 Å². The first-order chi connectivity index (χ1) is 14.0. The van der Waals surface area contributed by atoms with E-state index in [1.807, 2.05) is 44.2 Å². The van der Waals surface area contributed by atoms with Crippen molar-refractivity contribution in [2.24, 2.45) is 10.2 Å². The average molecular weight is 412 g/mol. The Balaban J connectivity index is 1.65. The maximum absolute atomic E-state index is 12.2. The van der Waals surface area contributed by atoms with E-state index in [2.05, 4.69) is 34.6 Å². The molecule has 0 radical (unpaired) electrons. The molecule has 0 bridgehead atoms. The van der Waals surface area contributed by atoms with Gasteiger partial charge in [0.1, 0.15) is 0 Å². The number of amidine groups is 1. The summed E-state index contributed by atoms with van der Waals surface area (Å²) < 4.78 is 11.1. The smallest absolute Gasteiger partial charge is 0.239 e. The van der Waals surface area contributed by atoms with Crippen LogP contribution < -0.4 is 14.8 Å². The maximum atomic E-state index is 12.2. The maximum Gasteiger partial charge on any atom is 0.239 e. The molecule has 1 saturated heterocycles. The molecule has 1 atom stereocenters. The highest BCUT2D eigenvalue weighted by Crippen LogP contribution is 2.28. The summed E-state index contributed by atoms with van der Waals surface area (Å²) in [5.74, 6) is 1.28. The lowest BCUT2D eigenvalue weighted by Gasteiger charge is -2.13. The zero-order valence-electron chi connectivity index (χ0n) is 17.0. The lowest BCUT2D eigenvalue weighted by atomic mass is 10.0. The van der Waals surface area contributed by atoms with E-state index in [0.29, 0.717) is 23.1 Å². The molecule has 1 fully saturated rings. The van der Waals surface area contributed by atoms with E-state index in [1.54, 1.807) is 13.3 Å². The fraction of sp³-hybridized carbons (Fsp3) is 0.318. The summed E-state index contributed by atoms with van der Waals surface area (Å²) in [4.78, 5) is 12.2. The Labute approximate surface area is 175 Å². The van der Waals surface area contributed by atoms with E-state index in [-0.39, 0.29) is 17.3 Å². The van der Waals surface area contributed by atoms with E-state index in [0.717, 1.165) is 5.56 Å². The van der Waals surface area contributed by atoms with Gasteiger partial charge in [0.15, 0.2) is 16.7 Å². The predicted molar refractivity (Wildman–Crippen MR) is 118 cm³/mol. The monoisotopic (exact) mass is 411 g/mol. The van der Waals surface area contributed by atoms with Crippen LogP contribution in [0.1, 0.15) is 30.5 Å². The molecular weight excluding hydrogens is 386 g/mol. The Morgan fingerprint density at radius 3 is 2.72 bits per heavy atom. The van der Waals surface area contributed by atoms with Crippen molar-refractivity contribution >= 4 is 29.1 Å². The minimum Gasteiger partial charge on any atom is -0.493 e. The van der Waals surface area contributed by atoms with Crippen LogP contribution in [0.2, 0.25) is 0 Å². The molecule has 6 nitrogen and oxygen atoms in total. The summed E-state index contributed by atoms with van der Waals surface area (Å²) in [7, 11) is 1.60. The number of aryl methyl sites for hydroxylation is 1. The Bertz CT molecular complexity index is 941. The largest absolute Gasteiger partial charge is 0.493 e. The summed E-state index contributed by atoms with van der Waals surface area (Å²) in [5, 5.41) is 11.4. The van der Waals surface area contributed by atoms with Crippen LogP contribution in [0.25, 0.3) is 0 Å². The molecule has 29 heavy (non-hydrogen) atoms. The molecule has 1 aliphatic heterocycles. The Morgan fingerprint density at radius 1 is 1.21 bits per heavy atom. The number of carbonyl (C=O) groups excluding carboxylic acids is 1. The summed E-state index contributed by atoms with van der Waals surface area (Å²) in [5.41, 5.74) is 3.18. The number of carbonyl (C=O) groups is 1. The number of nitrogens with one attached hydrogen (secondary N) is 1. The van der Waals surface area contributed by atoms with Crippen molar-refractivity contribution in [3.63, 3.8) is 0 Å². The van der Waals surface area contributed by atoms with Crippen molar-refractivity contribution in [3.05, 3.63) is 59.2 Å². The molecule has 1 heterocycles. The highest BCUT2D eigenvalue weighted by molar-refractivity contribution is 8.15. The molecule has 2 aromatic rings. The Morgan fingerprint density at radius 2 is 2.00 bits per heavy atom.